The van der Waals surface area contributed by atoms with Crippen molar-refractivity contribution in [1.29, 1.82) is 0 Å². The van der Waals surface area contributed by atoms with E-state index in [-0.39, 0.29) is 0 Å². The lowest BCUT2D eigenvalue weighted by atomic mass is 10.0. The van der Waals surface area contributed by atoms with Crippen molar-refractivity contribution in [2.24, 2.45) is 5.92 Å². The minimum absolute atomic E-state index is 0.768. The van der Waals surface area contributed by atoms with Crippen LogP contribution in [0.3, 0.4) is 0 Å². The molecule has 2 saturated heterocycles. The second kappa shape index (κ2) is 7.65. The van der Waals surface area contributed by atoms with Gasteiger partial charge in [-0.25, -0.2) is 0 Å². The van der Waals surface area contributed by atoms with Gasteiger partial charge in [0.15, 0.2) is 0 Å². The molecule has 0 amide bonds. The third kappa shape index (κ3) is 4.80. The van der Waals surface area contributed by atoms with Gasteiger partial charge in [0, 0.05) is 19.1 Å². The van der Waals surface area contributed by atoms with Crippen molar-refractivity contribution in [2.45, 2.75) is 45.1 Å². The quantitative estimate of drug-likeness (QED) is 0.786. The molecule has 17 heavy (non-hydrogen) atoms. The van der Waals surface area contributed by atoms with E-state index < -0.39 is 0 Å². The lowest BCUT2D eigenvalue weighted by Crippen LogP contribution is -2.45. The van der Waals surface area contributed by atoms with Crippen LogP contribution < -0.4 is 5.32 Å². The fourth-order valence-electron chi connectivity index (χ4n) is 3.06. The van der Waals surface area contributed by atoms with Crippen LogP contribution in [-0.2, 0) is 0 Å². The van der Waals surface area contributed by atoms with Crippen LogP contribution in [0.1, 0.15) is 39.0 Å². The largest absolute Gasteiger partial charge is 0.313 e. The predicted octanol–water partition coefficient (Wildman–Crippen LogP) is 2.59. The summed E-state index contributed by atoms with van der Waals surface area (Å²) in [4.78, 5) is 2.72. The zero-order chi connectivity index (χ0) is 11.9. The first-order chi connectivity index (χ1) is 8.38. The average molecular weight is 256 g/mol. The van der Waals surface area contributed by atoms with E-state index in [0.29, 0.717) is 0 Å². The van der Waals surface area contributed by atoms with Crippen molar-refractivity contribution in [3.8, 4) is 0 Å². The van der Waals surface area contributed by atoms with Gasteiger partial charge in [0.2, 0.25) is 0 Å². The molecular weight excluding hydrogens is 228 g/mol. The van der Waals surface area contributed by atoms with Gasteiger partial charge in [-0.1, -0.05) is 13.3 Å². The summed E-state index contributed by atoms with van der Waals surface area (Å²) in [5.41, 5.74) is 0. The number of piperidine rings is 1. The Morgan fingerprint density at radius 3 is 2.82 bits per heavy atom. The molecule has 2 fully saturated rings. The molecular formula is C14H28N2S. The summed E-state index contributed by atoms with van der Waals surface area (Å²) in [6, 6.07) is 0.768. The smallest absolute Gasteiger partial charge is 0.0195 e. The highest BCUT2D eigenvalue weighted by molar-refractivity contribution is 7.99. The standard InChI is InChI=1S/C14H28N2S/c1-2-8-16(10-13-6-9-17-12-13)11-14-5-3-4-7-15-14/h13-15H,2-12H2,1H3. The molecule has 0 radical (unpaired) electrons. The summed E-state index contributed by atoms with van der Waals surface area (Å²) < 4.78 is 0. The Hall–Kier alpha value is 0.270. The summed E-state index contributed by atoms with van der Waals surface area (Å²) in [5.74, 6) is 3.76. The van der Waals surface area contributed by atoms with Crippen molar-refractivity contribution in [1.82, 2.24) is 10.2 Å². The van der Waals surface area contributed by atoms with Gasteiger partial charge >= 0.3 is 0 Å². The van der Waals surface area contributed by atoms with Crippen molar-refractivity contribution >= 4 is 11.8 Å². The van der Waals surface area contributed by atoms with Crippen LogP contribution in [0.15, 0.2) is 0 Å². The zero-order valence-corrected chi connectivity index (χ0v) is 12.1. The fourth-order valence-corrected chi connectivity index (χ4v) is 4.33. The van der Waals surface area contributed by atoms with Crippen LogP contribution in [0.2, 0.25) is 0 Å². The second-order valence-electron chi connectivity index (χ2n) is 5.64. The topological polar surface area (TPSA) is 15.3 Å². The Kier molecular flexibility index (Phi) is 6.16. The molecule has 100 valence electrons. The maximum atomic E-state index is 3.69. The average Bonchev–Trinajstić information content (AvgIpc) is 2.83. The predicted molar refractivity (Wildman–Crippen MR) is 77.8 cm³/mol. The maximum absolute atomic E-state index is 3.69. The molecule has 0 aromatic heterocycles. The third-order valence-electron chi connectivity index (χ3n) is 3.97. The number of hydrogen-bond acceptors (Lipinski definition) is 3. The molecule has 2 unspecified atom stereocenters. The van der Waals surface area contributed by atoms with E-state index in [0.717, 1.165) is 12.0 Å². The minimum Gasteiger partial charge on any atom is -0.313 e. The summed E-state index contributed by atoms with van der Waals surface area (Å²) >= 11 is 2.15. The highest BCUT2D eigenvalue weighted by Crippen LogP contribution is 2.24. The van der Waals surface area contributed by atoms with Crippen LogP contribution in [-0.4, -0.2) is 48.6 Å². The van der Waals surface area contributed by atoms with Gasteiger partial charge in [0.25, 0.3) is 0 Å². The van der Waals surface area contributed by atoms with E-state index in [2.05, 4.69) is 28.9 Å². The van der Waals surface area contributed by atoms with Crippen molar-refractivity contribution < 1.29 is 0 Å². The monoisotopic (exact) mass is 256 g/mol. The van der Waals surface area contributed by atoms with Crippen LogP contribution in [0, 0.1) is 5.92 Å². The van der Waals surface area contributed by atoms with Crippen LogP contribution in [0.5, 0.6) is 0 Å². The number of nitrogens with zero attached hydrogens (tertiary/aromatic N) is 1. The number of rotatable bonds is 6. The van der Waals surface area contributed by atoms with Crippen molar-refractivity contribution in [3.05, 3.63) is 0 Å². The molecule has 2 aliphatic heterocycles. The minimum atomic E-state index is 0.768. The highest BCUT2D eigenvalue weighted by Gasteiger charge is 2.21. The third-order valence-corrected chi connectivity index (χ3v) is 5.20. The van der Waals surface area contributed by atoms with Crippen LogP contribution in [0.4, 0.5) is 0 Å². The van der Waals surface area contributed by atoms with Crippen molar-refractivity contribution in [3.63, 3.8) is 0 Å². The normalized spacial score (nSPS) is 30.0. The zero-order valence-electron chi connectivity index (χ0n) is 11.3. The lowest BCUT2D eigenvalue weighted by molar-refractivity contribution is 0.201. The van der Waals surface area contributed by atoms with E-state index in [4.69, 9.17) is 0 Å². The van der Waals surface area contributed by atoms with E-state index >= 15 is 0 Å². The van der Waals surface area contributed by atoms with Crippen LogP contribution >= 0.6 is 11.8 Å². The Labute approximate surface area is 111 Å². The second-order valence-corrected chi connectivity index (χ2v) is 6.79. The summed E-state index contributed by atoms with van der Waals surface area (Å²) in [7, 11) is 0. The maximum Gasteiger partial charge on any atom is 0.0195 e. The first-order valence-electron chi connectivity index (χ1n) is 7.42. The molecule has 2 rings (SSSR count). The first-order valence-corrected chi connectivity index (χ1v) is 8.57. The van der Waals surface area contributed by atoms with Gasteiger partial charge in [-0.15, -0.1) is 0 Å². The van der Waals surface area contributed by atoms with Gasteiger partial charge in [-0.3, -0.25) is 0 Å². The number of thioether (sulfide) groups is 1. The fraction of sp³-hybridized carbons (Fsp3) is 1.00. The molecule has 0 saturated carbocycles. The molecule has 2 heterocycles. The molecule has 0 aromatic carbocycles. The Morgan fingerprint density at radius 1 is 1.24 bits per heavy atom. The molecule has 0 aromatic rings. The van der Waals surface area contributed by atoms with Gasteiger partial charge in [-0.2, -0.15) is 11.8 Å². The highest BCUT2D eigenvalue weighted by atomic mass is 32.2. The van der Waals surface area contributed by atoms with E-state index in [1.54, 1.807) is 0 Å². The lowest BCUT2D eigenvalue weighted by Gasteiger charge is -2.31. The SMILES string of the molecule is CCCN(CC1CCSC1)CC1CCCCN1. The summed E-state index contributed by atoms with van der Waals surface area (Å²) in [5, 5.41) is 3.69. The number of hydrogen-bond donors (Lipinski definition) is 1. The van der Waals surface area contributed by atoms with Crippen molar-refractivity contribution in [2.75, 3.05) is 37.7 Å². The van der Waals surface area contributed by atoms with E-state index in [1.165, 1.54) is 69.8 Å². The molecule has 3 heteroatoms. The molecule has 0 spiro atoms. The molecule has 2 nitrogen and oxygen atoms in total. The Morgan fingerprint density at radius 2 is 2.18 bits per heavy atom. The van der Waals surface area contributed by atoms with E-state index in [1.807, 2.05) is 0 Å². The van der Waals surface area contributed by atoms with Gasteiger partial charge in [0.1, 0.15) is 0 Å². The Bertz CT molecular complexity index is 198. The van der Waals surface area contributed by atoms with Gasteiger partial charge in [-0.05, 0) is 56.2 Å². The summed E-state index contributed by atoms with van der Waals surface area (Å²) in [6.45, 7) is 7.47. The molecule has 2 aliphatic rings. The van der Waals surface area contributed by atoms with E-state index in [9.17, 15) is 0 Å². The molecule has 1 N–H and O–H groups in total. The van der Waals surface area contributed by atoms with Gasteiger partial charge < -0.3 is 10.2 Å². The summed E-state index contributed by atoms with van der Waals surface area (Å²) in [6.07, 6.45) is 6.94. The molecule has 2 atom stereocenters. The Balaban J connectivity index is 1.74. The van der Waals surface area contributed by atoms with Crippen LogP contribution in [0.25, 0.3) is 0 Å². The number of nitrogens with one attached hydrogen (secondary N) is 1. The molecule has 0 aliphatic carbocycles. The first kappa shape index (κ1) is 13.7. The molecule has 0 bridgehead atoms. The van der Waals surface area contributed by atoms with Gasteiger partial charge in [0.05, 0.1) is 0 Å².